The van der Waals surface area contributed by atoms with E-state index < -0.39 is 0 Å². The van der Waals surface area contributed by atoms with Crippen molar-refractivity contribution >= 4 is 5.71 Å². The molecule has 1 aliphatic heterocycles. The van der Waals surface area contributed by atoms with E-state index in [2.05, 4.69) is 5.16 Å². The number of rotatable bonds is 4. The highest BCUT2D eigenvalue weighted by molar-refractivity contribution is 6.03. The Morgan fingerprint density at radius 1 is 1.38 bits per heavy atom. The van der Waals surface area contributed by atoms with Gasteiger partial charge in [-0.05, 0) is 12.1 Å². The van der Waals surface area contributed by atoms with Crippen molar-refractivity contribution in [3.63, 3.8) is 0 Å². The largest absolute Gasteiger partial charge is 0.492 e. The second-order valence-corrected chi connectivity index (χ2v) is 3.54. The predicted octanol–water partition coefficient (Wildman–Crippen LogP) is 1.57. The highest BCUT2D eigenvalue weighted by Crippen LogP contribution is 2.24. The molecular formula is C12H15NO3. The van der Waals surface area contributed by atoms with Gasteiger partial charge in [-0.3, -0.25) is 0 Å². The Bertz CT molecular complexity index is 376. The molecule has 0 unspecified atom stereocenters. The number of oxime groups is 1. The van der Waals surface area contributed by atoms with Crippen LogP contribution in [-0.4, -0.2) is 30.6 Å². The molecule has 4 nitrogen and oxygen atoms in total. The molecule has 1 heterocycles. The third-order valence-electron chi connectivity index (χ3n) is 2.36. The van der Waals surface area contributed by atoms with Gasteiger partial charge in [0.2, 0.25) is 0 Å². The van der Waals surface area contributed by atoms with Gasteiger partial charge in [-0.1, -0.05) is 17.3 Å². The third kappa shape index (κ3) is 2.52. The number of aliphatic hydroxyl groups excluding tert-OH is 1. The van der Waals surface area contributed by atoms with Gasteiger partial charge < -0.3 is 14.7 Å². The number of ether oxygens (including phenoxy) is 1. The minimum atomic E-state index is 0.130. The first-order valence-electron chi connectivity index (χ1n) is 5.43. The minimum absolute atomic E-state index is 0.130. The van der Waals surface area contributed by atoms with Crippen LogP contribution in [0.25, 0.3) is 0 Å². The maximum Gasteiger partial charge on any atom is 0.128 e. The molecule has 0 bridgehead atoms. The normalized spacial score (nSPS) is 16.7. The number of benzene rings is 1. The Kier molecular flexibility index (Phi) is 3.77. The summed E-state index contributed by atoms with van der Waals surface area (Å²) in [6, 6.07) is 7.80. The smallest absolute Gasteiger partial charge is 0.128 e. The molecule has 4 heteroatoms. The van der Waals surface area contributed by atoms with Crippen molar-refractivity contribution in [3.05, 3.63) is 29.8 Å². The molecule has 2 rings (SSSR count). The van der Waals surface area contributed by atoms with Crippen LogP contribution in [-0.2, 0) is 4.84 Å². The number of para-hydroxylation sites is 1. The van der Waals surface area contributed by atoms with Gasteiger partial charge in [0, 0.05) is 25.0 Å². The lowest BCUT2D eigenvalue weighted by Gasteiger charge is -2.18. The highest BCUT2D eigenvalue weighted by atomic mass is 16.6. The molecule has 1 aromatic carbocycles. The SMILES string of the molecule is OCCCO/N=C1/CCOc2ccccc21. The number of fused-ring (bicyclic) bond motifs is 1. The molecule has 0 radical (unpaired) electrons. The average Bonchev–Trinajstić information content (AvgIpc) is 2.35. The number of aliphatic hydroxyl groups is 1. The Labute approximate surface area is 94.5 Å². The van der Waals surface area contributed by atoms with Gasteiger partial charge in [0.1, 0.15) is 12.4 Å². The van der Waals surface area contributed by atoms with Crippen molar-refractivity contribution in [2.45, 2.75) is 12.8 Å². The van der Waals surface area contributed by atoms with Gasteiger partial charge in [-0.2, -0.15) is 0 Å². The number of nitrogens with zero attached hydrogens (tertiary/aromatic N) is 1. The molecule has 0 spiro atoms. The summed E-state index contributed by atoms with van der Waals surface area (Å²) < 4.78 is 5.50. The van der Waals surface area contributed by atoms with E-state index in [1.807, 2.05) is 24.3 Å². The fraction of sp³-hybridized carbons (Fsp3) is 0.417. The van der Waals surface area contributed by atoms with Crippen molar-refractivity contribution in [1.82, 2.24) is 0 Å². The van der Waals surface area contributed by atoms with Gasteiger partial charge in [-0.25, -0.2) is 0 Å². The van der Waals surface area contributed by atoms with Gasteiger partial charge in [-0.15, -0.1) is 0 Å². The third-order valence-corrected chi connectivity index (χ3v) is 2.36. The molecule has 1 N–H and O–H groups in total. The zero-order chi connectivity index (χ0) is 11.2. The summed E-state index contributed by atoms with van der Waals surface area (Å²) in [5.41, 5.74) is 1.91. The van der Waals surface area contributed by atoms with Crippen LogP contribution in [0.1, 0.15) is 18.4 Å². The Morgan fingerprint density at radius 2 is 2.25 bits per heavy atom. The highest BCUT2D eigenvalue weighted by Gasteiger charge is 2.16. The molecule has 0 saturated carbocycles. The molecule has 0 amide bonds. The standard InChI is InChI=1S/C12H15NO3/c14-7-3-8-16-13-11-6-9-15-12-5-2-1-4-10(11)12/h1-2,4-5,14H,3,6-9H2/b13-11-. The number of hydrogen-bond donors (Lipinski definition) is 1. The summed E-state index contributed by atoms with van der Waals surface area (Å²) in [5, 5.41) is 12.7. The Balaban J connectivity index is 2.06. The number of hydrogen-bond acceptors (Lipinski definition) is 4. The predicted molar refractivity (Wildman–Crippen MR) is 60.7 cm³/mol. The molecule has 16 heavy (non-hydrogen) atoms. The summed E-state index contributed by atoms with van der Waals surface area (Å²) >= 11 is 0. The minimum Gasteiger partial charge on any atom is -0.492 e. The molecular weight excluding hydrogens is 206 g/mol. The lowest BCUT2D eigenvalue weighted by atomic mass is 10.0. The van der Waals surface area contributed by atoms with E-state index in [9.17, 15) is 0 Å². The molecule has 0 fully saturated rings. The summed E-state index contributed by atoms with van der Waals surface area (Å²) in [7, 11) is 0. The first-order valence-corrected chi connectivity index (χ1v) is 5.43. The van der Waals surface area contributed by atoms with Gasteiger partial charge in [0.25, 0.3) is 0 Å². The van der Waals surface area contributed by atoms with E-state index in [1.54, 1.807) is 0 Å². The van der Waals surface area contributed by atoms with Crippen molar-refractivity contribution in [3.8, 4) is 5.75 Å². The van der Waals surface area contributed by atoms with E-state index in [-0.39, 0.29) is 6.61 Å². The van der Waals surface area contributed by atoms with E-state index >= 15 is 0 Å². The molecule has 0 atom stereocenters. The molecule has 1 aliphatic rings. The van der Waals surface area contributed by atoms with E-state index in [4.69, 9.17) is 14.7 Å². The lowest BCUT2D eigenvalue weighted by Crippen LogP contribution is -2.16. The Hall–Kier alpha value is -1.55. The lowest BCUT2D eigenvalue weighted by molar-refractivity contribution is 0.123. The van der Waals surface area contributed by atoms with Crippen LogP contribution in [0, 0.1) is 0 Å². The average molecular weight is 221 g/mol. The molecule has 86 valence electrons. The van der Waals surface area contributed by atoms with Crippen LogP contribution in [0.4, 0.5) is 0 Å². The van der Waals surface area contributed by atoms with Gasteiger partial charge in [0.05, 0.1) is 12.3 Å². The first-order chi connectivity index (χ1) is 7.92. The van der Waals surface area contributed by atoms with Gasteiger partial charge >= 0.3 is 0 Å². The van der Waals surface area contributed by atoms with Crippen LogP contribution < -0.4 is 4.74 Å². The molecule has 0 saturated heterocycles. The second kappa shape index (κ2) is 5.51. The van der Waals surface area contributed by atoms with Crippen LogP contribution in [0.15, 0.2) is 29.4 Å². The molecule has 1 aromatic rings. The quantitative estimate of drug-likeness (QED) is 0.620. The fourth-order valence-electron chi connectivity index (χ4n) is 1.57. The van der Waals surface area contributed by atoms with Crippen molar-refractivity contribution < 1.29 is 14.7 Å². The topological polar surface area (TPSA) is 51.0 Å². The van der Waals surface area contributed by atoms with Crippen LogP contribution in [0.2, 0.25) is 0 Å². The second-order valence-electron chi connectivity index (χ2n) is 3.54. The summed E-state index contributed by atoms with van der Waals surface area (Å²) in [6.45, 7) is 1.22. The monoisotopic (exact) mass is 221 g/mol. The van der Waals surface area contributed by atoms with Crippen LogP contribution in [0.3, 0.4) is 0 Å². The van der Waals surface area contributed by atoms with Crippen LogP contribution >= 0.6 is 0 Å². The van der Waals surface area contributed by atoms with E-state index in [1.165, 1.54) is 0 Å². The maximum absolute atomic E-state index is 8.61. The zero-order valence-corrected chi connectivity index (χ0v) is 9.06. The maximum atomic E-state index is 8.61. The van der Waals surface area contributed by atoms with Gasteiger partial charge in [0.15, 0.2) is 0 Å². The van der Waals surface area contributed by atoms with Crippen molar-refractivity contribution in [2.75, 3.05) is 19.8 Å². The fourth-order valence-corrected chi connectivity index (χ4v) is 1.57. The van der Waals surface area contributed by atoms with Crippen LogP contribution in [0.5, 0.6) is 5.75 Å². The van der Waals surface area contributed by atoms with E-state index in [0.717, 1.165) is 23.4 Å². The van der Waals surface area contributed by atoms with Crippen molar-refractivity contribution in [2.24, 2.45) is 5.16 Å². The summed E-state index contributed by atoms with van der Waals surface area (Å²) in [4.78, 5) is 5.14. The molecule has 0 aromatic heterocycles. The zero-order valence-electron chi connectivity index (χ0n) is 9.06. The molecule has 0 aliphatic carbocycles. The Morgan fingerprint density at radius 3 is 3.12 bits per heavy atom. The van der Waals surface area contributed by atoms with Crippen molar-refractivity contribution in [1.29, 1.82) is 0 Å². The van der Waals surface area contributed by atoms with E-state index in [0.29, 0.717) is 19.6 Å². The summed E-state index contributed by atoms with van der Waals surface area (Å²) in [6.07, 6.45) is 1.37. The first kappa shape index (κ1) is 11.0. The summed E-state index contributed by atoms with van der Waals surface area (Å²) in [5.74, 6) is 0.859.